The molecule has 1 aliphatic heterocycles. The van der Waals surface area contributed by atoms with Crippen molar-refractivity contribution in [1.29, 1.82) is 0 Å². The fourth-order valence-corrected chi connectivity index (χ4v) is 2.51. The van der Waals surface area contributed by atoms with Crippen LogP contribution in [0.3, 0.4) is 0 Å². The summed E-state index contributed by atoms with van der Waals surface area (Å²) >= 11 is 11.3. The lowest BCUT2D eigenvalue weighted by atomic mass is 10.2. The number of nitrogens with one attached hydrogen (secondary N) is 2. The first-order valence-electron chi connectivity index (χ1n) is 6.58. The minimum absolute atomic E-state index is 0.392. The van der Waals surface area contributed by atoms with Crippen molar-refractivity contribution >= 4 is 34.6 Å². The van der Waals surface area contributed by atoms with Crippen molar-refractivity contribution in [2.45, 2.75) is 32.3 Å². The Bertz CT molecular complexity index is 447. The number of anilines is 1. The normalized spacial score (nSPS) is 18.3. The molecule has 2 N–H and O–H groups in total. The molecule has 104 valence electrons. The molecule has 1 heterocycles. The Morgan fingerprint density at radius 2 is 2.37 bits per heavy atom. The van der Waals surface area contributed by atoms with Crippen LogP contribution in [-0.4, -0.2) is 24.4 Å². The molecule has 0 spiro atoms. The number of halogens is 1. The summed E-state index contributed by atoms with van der Waals surface area (Å²) in [5, 5.41) is 7.74. The predicted molar refractivity (Wildman–Crippen MR) is 84.0 cm³/mol. The lowest BCUT2D eigenvalue weighted by molar-refractivity contribution is 0.105. The van der Waals surface area contributed by atoms with Gasteiger partial charge < -0.3 is 15.4 Å². The van der Waals surface area contributed by atoms with E-state index in [4.69, 9.17) is 28.6 Å². The van der Waals surface area contributed by atoms with Crippen LogP contribution in [0.25, 0.3) is 0 Å². The molecule has 0 aromatic heterocycles. The van der Waals surface area contributed by atoms with Crippen LogP contribution in [0, 0.1) is 6.92 Å². The number of hydrogen-bond donors (Lipinski definition) is 2. The Hall–Kier alpha value is -0.840. The molecule has 1 unspecified atom stereocenters. The van der Waals surface area contributed by atoms with Crippen LogP contribution in [0.2, 0.25) is 5.02 Å². The lowest BCUT2D eigenvalue weighted by Crippen LogP contribution is -2.31. The maximum Gasteiger partial charge on any atom is 0.170 e. The first-order chi connectivity index (χ1) is 9.16. The zero-order valence-corrected chi connectivity index (χ0v) is 12.6. The molecule has 1 atom stereocenters. The van der Waals surface area contributed by atoms with Gasteiger partial charge in [-0.15, -0.1) is 0 Å². The Labute approximate surface area is 124 Å². The van der Waals surface area contributed by atoms with Crippen LogP contribution < -0.4 is 10.6 Å². The quantitative estimate of drug-likeness (QED) is 0.834. The largest absolute Gasteiger partial charge is 0.378 e. The number of rotatable bonds is 4. The third kappa shape index (κ3) is 4.34. The van der Waals surface area contributed by atoms with Crippen LogP contribution in [-0.2, 0) is 4.74 Å². The Morgan fingerprint density at radius 1 is 1.53 bits per heavy atom. The molecular weight excluding hydrogens is 280 g/mol. The van der Waals surface area contributed by atoms with Gasteiger partial charge in [-0.1, -0.05) is 17.7 Å². The summed E-state index contributed by atoms with van der Waals surface area (Å²) in [5.41, 5.74) is 1.95. The molecule has 0 radical (unpaired) electrons. The fourth-order valence-electron chi connectivity index (χ4n) is 2.13. The number of ether oxygens (including phenoxy) is 1. The third-order valence-corrected chi connectivity index (χ3v) is 3.95. The summed E-state index contributed by atoms with van der Waals surface area (Å²) in [6.45, 7) is 3.70. The molecule has 2 rings (SSSR count). The highest BCUT2D eigenvalue weighted by atomic mass is 35.5. The molecule has 1 fully saturated rings. The zero-order chi connectivity index (χ0) is 13.7. The predicted octanol–water partition coefficient (Wildman–Crippen LogP) is 3.50. The van der Waals surface area contributed by atoms with Gasteiger partial charge in [0.1, 0.15) is 0 Å². The van der Waals surface area contributed by atoms with Crippen molar-refractivity contribution in [1.82, 2.24) is 5.32 Å². The van der Waals surface area contributed by atoms with Gasteiger partial charge in [0, 0.05) is 23.9 Å². The van der Waals surface area contributed by atoms with Gasteiger partial charge in [0.2, 0.25) is 0 Å². The summed E-state index contributed by atoms with van der Waals surface area (Å²) in [6.07, 6.45) is 3.73. The maximum atomic E-state index is 6.07. The van der Waals surface area contributed by atoms with Gasteiger partial charge in [-0.25, -0.2) is 0 Å². The standard InChI is InChI=1S/C14H19ClN2OS/c1-10-12(15)5-2-6-13(10)17-14(19)16-8-7-11-4-3-9-18-11/h2,5-6,11H,3-4,7-9H2,1H3,(H2,16,17,19). The molecule has 0 bridgehead atoms. The first-order valence-corrected chi connectivity index (χ1v) is 7.37. The highest BCUT2D eigenvalue weighted by molar-refractivity contribution is 7.80. The lowest BCUT2D eigenvalue weighted by Gasteiger charge is -2.14. The second kappa shape index (κ2) is 7.08. The second-order valence-electron chi connectivity index (χ2n) is 4.72. The van der Waals surface area contributed by atoms with Gasteiger partial charge in [-0.05, 0) is 56.1 Å². The molecular formula is C14H19ClN2OS. The van der Waals surface area contributed by atoms with Crippen LogP contribution in [0.15, 0.2) is 18.2 Å². The van der Waals surface area contributed by atoms with Gasteiger partial charge in [0.15, 0.2) is 5.11 Å². The average molecular weight is 299 g/mol. The third-order valence-electron chi connectivity index (χ3n) is 3.29. The molecule has 1 saturated heterocycles. The van der Waals surface area contributed by atoms with Crippen LogP contribution >= 0.6 is 23.8 Å². The van der Waals surface area contributed by atoms with E-state index in [1.54, 1.807) is 0 Å². The summed E-state index contributed by atoms with van der Waals surface area (Å²) in [6, 6.07) is 5.75. The van der Waals surface area contributed by atoms with E-state index in [1.807, 2.05) is 25.1 Å². The highest BCUT2D eigenvalue weighted by Crippen LogP contribution is 2.22. The van der Waals surface area contributed by atoms with E-state index in [2.05, 4.69) is 10.6 Å². The number of thiocarbonyl (C=S) groups is 1. The number of hydrogen-bond acceptors (Lipinski definition) is 2. The average Bonchev–Trinajstić information content (AvgIpc) is 2.88. The summed E-state index contributed by atoms with van der Waals surface area (Å²) in [5.74, 6) is 0. The minimum atomic E-state index is 0.392. The van der Waals surface area contributed by atoms with Gasteiger partial charge in [0.25, 0.3) is 0 Å². The molecule has 0 aliphatic carbocycles. The molecule has 1 aromatic carbocycles. The van der Waals surface area contributed by atoms with Gasteiger partial charge >= 0.3 is 0 Å². The highest BCUT2D eigenvalue weighted by Gasteiger charge is 2.14. The summed E-state index contributed by atoms with van der Waals surface area (Å²) < 4.78 is 5.57. The molecule has 19 heavy (non-hydrogen) atoms. The van der Waals surface area contributed by atoms with E-state index in [0.717, 1.165) is 42.3 Å². The Kier molecular flexibility index (Phi) is 5.43. The second-order valence-corrected chi connectivity index (χ2v) is 5.53. The fraction of sp³-hybridized carbons (Fsp3) is 0.500. The van der Waals surface area contributed by atoms with E-state index in [-0.39, 0.29) is 0 Å². The van der Waals surface area contributed by atoms with Crippen molar-refractivity contribution in [3.05, 3.63) is 28.8 Å². The van der Waals surface area contributed by atoms with Gasteiger partial charge in [-0.3, -0.25) is 0 Å². The van der Waals surface area contributed by atoms with Crippen molar-refractivity contribution in [2.75, 3.05) is 18.5 Å². The molecule has 0 amide bonds. The smallest absolute Gasteiger partial charge is 0.170 e. The van der Waals surface area contributed by atoms with Crippen molar-refractivity contribution in [3.8, 4) is 0 Å². The van der Waals surface area contributed by atoms with E-state index in [0.29, 0.717) is 11.2 Å². The molecule has 3 nitrogen and oxygen atoms in total. The van der Waals surface area contributed by atoms with E-state index < -0.39 is 0 Å². The van der Waals surface area contributed by atoms with Crippen molar-refractivity contribution in [2.24, 2.45) is 0 Å². The topological polar surface area (TPSA) is 33.3 Å². The van der Waals surface area contributed by atoms with Crippen LogP contribution in [0.5, 0.6) is 0 Å². The maximum absolute atomic E-state index is 6.07. The molecule has 1 aromatic rings. The Balaban J connectivity index is 1.76. The van der Waals surface area contributed by atoms with Crippen molar-refractivity contribution in [3.63, 3.8) is 0 Å². The van der Waals surface area contributed by atoms with E-state index in [9.17, 15) is 0 Å². The van der Waals surface area contributed by atoms with Crippen LogP contribution in [0.4, 0.5) is 5.69 Å². The van der Waals surface area contributed by atoms with Gasteiger partial charge in [-0.2, -0.15) is 0 Å². The zero-order valence-electron chi connectivity index (χ0n) is 11.0. The van der Waals surface area contributed by atoms with E-state index >= 15 is 0 Å². The SMILES string of the molecule is Cc1c(Cl)cccc1NC(=S)NCCC1CCCO1. The molecule has 1 aliphatic rings. The first kappa shape index (κ1) is 14.6. The summed E-state index contributed by atoms with van der Waals surface area (Å²) in [7, 11) is 0. The number of benzene rings is 1. The molecule has 5 heteroatoms. The minimum Gasteiger partial charge on any atom is -0.378 e. The van der Waals surface area contributed by atoms with Gasteiger partial charge in [0.05, 0.1) is 6.10 Å². The monoisotopic (exact) mass is 298 g/mol. The molecule has 0 saturated carbocycles. The Morgan fingerprint density at radius 3 is 3.11 bits per heavy atom. The van der Waals surface area contributed by atoms with Crippen LogP contribution in [0.1, 0.15) is 24.8 Å². The summed E-state index contributed by atoms with van der Waals surface area (Å²) in [4.78, 5) is 0. The van der Waals surface area contributed by atoms with Crippen molar-refractivity contribution < 1.29 is 4.74 Å². The van der Waals surface area contributed by atoms with E-state index in [1.165, 1.54) is 6.42 Å².